The summed E-state index contributed by atoms with van der Waals surface area (Å²) in [5.74, 6) is 1.73. The van der Waals surface area contributed by atoms with E-state index in [0.717, 1.165) is 30.7 Å². The van der Waals surface area contributed by atoms with Crippen molar-refractivity contribution in [3.8, 4) is 0 Å². The lowest BCUT2D eigenvalue weighted by Gasteiger charge is -2.40. The molecule has 1 nitrogen and oxygen atoms in total. The molecular formula is C22H22O. The van der Waals surface area contributed by atoms with E-state index in [2.05, 4.69) is 49.4 Å². The molecule has 2 aromatic rings. The lowest BCUT2D eigenvalue weighted by molar-refractivity contribution is 0.0944. The zero-order valence-corrected chi connectivity index (χ0v) is 13.6. The van der Waals surface area contributed by atoms with Gasteiger partial charge in [-0.15, -0.1) is 0 Å². The van der Waals surface area contributed by atoms with Gasteiger partial charge in [-0.3, -0.25) is 4.79 Å². The molecule has 0 radical (unpaired) electrons. The molecule has 3 aliphatic rings. The number of hydrogen-bond donors (Lipinski definition) is 0. The number of benzene rings is 2. The maximum Gasteiger partial charge on any atom is 0.163 e. The molecule has 0 N–H and O–H groups in total. The highest BCUT2D eigenvalue weighted by Gasteiger charge is 2.52. The van der Waals surface area contributed by atoms with E-state index in [1.165, 1.54) is 34.7 Å². The number of carbonyl (C=O) groups excluding carboxylic acids is 1. The molecule has 0 saturated heterocycles. The van der Waals surface area contributed by atoms with Gasteiger partial charge in [-0.25, -0.2) is 0 Å². The van der Waals surface area contributed by atoms with Crippen molar-refractivity contribution in [3.63, 3.8) is 0 Å². The average Bonchev–Trinajstić information content (AvgIpc) is 3.18. The van der Waals surface area contributed by atoms with E-state index in [9.17, 15) is 4.79 Å². The van der Waals surface area contributed by atoms with Crippen LogP contribution in [0.2, 0.25) is 0 Å². The van der Waals surface area contributed by atoms with Crippen LogP contribution < -0.4 is 0 Å². The van der Waals surface area contributed by atoms with Gasteiger partial charge in [-0.2, -0.15) is 0 Å². The fourth-order valence-corrected chi connectivity index (χ4v) is 5.37. The largest absolute Gasteiger partial charge is 0.294 e. The molecule has 23 heavy (non-hydrogen) atoms. The highest BCUT2D eigenvalue weighted by molar-refractivity contribution is 6.03. The van der Waals surface area contributed by atoms with Crippen LogP contribution in [0, 0.1) is 11.8 Å². The zero-order valence-electron chi connectivity index (χ0n) is 13.6. The highest BCUT2D eigenvalue weighted by atomic mass is 16.1. The molecule has 116 valence electrons. The van der Waals surface area contributed by atoms with Crippen LogP contribution in [0.15, 0.2) is 42.5 Å². The molecule has 0 heterocycles. The number of allylic oxidation sites excluding steroid dienone is 2. The Morgan fingerprint density at radius 2 is 2.04 bits per heavy atom. The summed E-state index contributed by atoms with van der Waals surface area (Å²) in [7, 11) is 0. The number of hydrogen-bond acceptors (Lipinski definition) is 1. The molecule has 1 spiro atoms. The minimum atomic E-state index is 0.235. The zero-order chi connectivity index (χ0) is 15.6. The summed E-state index contributed by atoms with van der Waals surface area (Å²) in [4.78, 5) is 12.6. The first kappa shape index (κ1) is 13.5. The van der Waals surface area contributed by atoms with E-state index >= 15 is 0 Å². The summed E-state index contributed by atoms with van der Waals surface area (Å²) in [6, 6.07) is 11.2. The maximum absolute atomic E-state index is 12.6. The van der Waals surface area contributed by atoms with Crippen molar-refractivity contribution in [1.29, 1.82) is 0 Å². The number of fused-ring (bicyclic) bond motifs is 6. The molecule has 1 heteroatoms. The summed E-state index contributed by atoms with van der Waals surface area (Å²) in [6.45, 7) is 2.20. The Bertz CT molecular complexity index is 860. The molecule has 2 aromatic carbocycles. The highest BCUT2D eigenvalue weighted by Crippen LogP contribution is 2.58. The van der Waals surface area contributed by atoms with Gasteiger partial charge in [-0.1, -0.05) is 37.3 Å². The summed E-state index contributed by atoms with van der Waals surface area (Å²) in [5.41, 5.74) is 3.97. The van der Waals surface area contributed by atoms with Gasteiger partial charge in [0.15, 0.2) is 5.78 Å². The van der Waals surface area contributed by atoms with Crippen molar-refractivity contribution in [2.24, 2.45) is 11.8 Å². The van der Waals surface area contributed by atoms with Gasteiger partial charge < -0.3 is 0 Å². The fraction of sp³-hybridized carbons (Fsp3) is 0.409. The van der Waals surface area contributed by atoms with E-state index < -0.39 is 0 Å². The van der Waals surface area contributed by atoms with Crippen LogP contribution in [0.3, 0.4) is 0 Å². The van der Waals surface area contributed by atoms with Gasteiger partial charge in [0, 0.05) is 17.4 Å². The van der Waals surface area contributed by atoms with Crippen LogP contribution in [0.5, 0.6) is 0 Å². The first-order valence-corrected chi connectivity index (χ1v) is 8.98. The normalized spacial score (nSPS) is 31.3. The lowest BCUT2D eigenvalue weighted by Crippen LogP contribution is -2.36. The monoisotopic (exact) mass is 302 g/mol. The molecule has 1 fully saturated rings. The van der Waals surface area contributed by atoms with Gasteiger partial charge in [0.25, 0.3) is 0 Å². The van der Waals surface area contributed by atoms with Crippen LogP contribution in [0.1, 0.15) is 54.1 Å². The molecule has 0 aliphatic heterocycles. The molecule has 0 amide bonds. The lowest BCUT2D eigenvalue weighted by atomic mass is 9.62. The second kappa shape index (κ2) is 4.56. The molecule has 5 rings (SSSR count). The third-order valence-electron chi connectivity index (χ3n) is 6.59. The third kappa shape index (κ3) is 1.77. The van der Waals surface area contributed by atoms with Crippen LogP contribution in [-0.4, -0.2) is 5.78 Å². The maximum atomic E-state index is 12.6. The third-order valence-corrected chi connectivity index (χ3v) is 6.59. The summed E-state index contributed by atoms with van der Waals surface area (Å²) in [6.07, 6.45) is 10.2. The van der Waals surface area contributed by atoms with Crippen LogP contribution in [-0.2, 0) is 11.8 Å². The Hall–Kier alpha value is -1.89. The quantitative estimate of drug-likeness (QED) is 0.661. The van der Waals surface area contributed by atoms with Gasteiger partial charge in [-0.05, 0) is 71.6 Å². The van der Waals surface area contributed by atoms with E-state index in [-0.39, 0.29) is 5.41 Å². The standard InChI is InChI=1S/C22H22O/c1-2-14-3-5-16-11-19-20(12-17(16)9-14)22(8-7-21(19)23)13-15-4-6-18(22)10-15/h3-6,9,11-12,15,18H,2,7-8,10,13H2,1H3. The molecular weight excluding hydrogens is 280 g/mol. The summed E-state index contributed by atoms with van der Waals surface area (Å²) < 4.78 is 0. The Morgan fingerprint density at radius 3 is 2.78 bits per heavy atom. The van der Waals surface area contributed by atoms with Gasteiger partial charge in [0.05, 0.1) is 0 Å². The van der Waals surface area contributed by atoms with Gasteiger partial charge >= 0.3 is 0 Å². The van der Waals surface area contributed by atoms with Gasteiger partial charge in [0.2, 0.25) is 0 Å². The molecule has 1 saturated carbocycles. The molecule has 3 atom stereocenters. The molecule has 3 aliphatic carbocycles. The first-order valence-electron chi connectivity index (χ1n) is 8.98. The van der Waals surface area contributed by atoms with E-state index in [1.807, 2.05) is 0 Å². The van der Waals surface area contributed by atoms with Crippen LogP contribution >= 0.6 is 0 Å². The summed E-state index contributed by atoms with van der Waals surface area (Å²) >= 11 is 0. The SMILES string of the molecule is CCc1ccc2cc3c(cc2c1)C1(CCC3=O)CC2C=CC1C2. The fourth-order valence-electron chi connectivity index (χ4n) is 5.37. The minimum absolute atomic E-state index is 0.235. The Kier molecular flexibility index (Phi) is 2.69. The van der Waals surface area contributed by atoms with Crippen molar-refractivity contribution in [2.75, 3.05) is 0 Å². The number of Topliss-reactive ketones (excluding diaryl/α,β-unsaturated/α-hetero) is 1. The van der Waals surface area contributed by atoms with Crippen molar-refractivity contribution >= 4 is 16.6 Å². The number of ketones is 1. The first-order chi connectivity index (χ1) is 11.2. The van der Waals surface area contributed by atoms with Crippen LogP contribution in [0.25, 0.3) is 10.8 Å². The molecule has 2 bridgehead atoms. The van der Waals surface area contributed by atoms with E-state index in [0.29, 0.717) is 11.7 Å². The van der Waals surface area contributed by atoms with Crippen molar-refractivity contribution in [1.82, 2.24) is 0 Å². The molecule has 0 aromatic heterocycles. The number of carbonyl (C=O) groups is 1. The molecule has 3 unspecified atom stereocenters. The number of aryl methyl sites for hydroxylation is 1. The van der Waals surface area contributed by atoms with Crippen molar-refractivity contribution < 1.29 is 4.79 Å². The number of rotatable bonds is 1. The second-order valence-corrected chi connectivity index (χ2v) is 7.70. The van der Waals surface area contributed by atoms with Crippen molar-refractivity contribution in [3.05, 3.63) is 59.2 Å². The second-order valence-electron chi connectivity index (χ2n) is 7.70. The average molecular weight is 302 g/mol. The van der Waals surface area contributed by atoms with Crippen molar-refractivity contribution in [2.45, 2.75) is 44.4 Å². The predicted octanol–water partition coefficient (Wildman–Crippen LogP) is 5.21. The Labute approximate surface area is 137 Å². The predicted molar refractivity (Wildman–Crippen MR) is 93.9 cm³/mol. The van der Waals surface area contributed by atoms with E-state index in [4.69, 9.17) is 0 Å². The Morgan fingerprint density at radius 1 is 1.13 bits per heavy atom. The smallest absolute Gasteiger partial charge is 0.163 e. The minimum Gasteiger partial charge on any atom is -0.294 e. The van der Waals surface area contributed by atoms with E-state index in [1.54, 1.807) is 0 Å². The Balaban J connectivity index is 1.77. The summed E-state index contributed by atoms with van der Waals surface area (Å²) in [5, 5.41) is 2.52. The van der Waals surface area contributed by atoms with Crippen LogP contribution in [0.4, 0.5) is 0 Å². The van der Waals surface area contributed by atoms with Gasteiger partial charge in [0.1, 0.15) is 0 Å². The topological polar surface area (TPSA) is 17.1 Å².